The average Bonchev–Trinajstić information content (AvgIpc) is 2.78. The summed E-state index contributed by atoms with van der Waals surface area (Å²) in [6.45, 7) is 1.96. The molecule has 1 N–H and O–H groups in total. The minimum Gasteiger partial charge on any atom is -0.354 e. The Morgan fingerprint density at radius 3 is 2.89 bits per heavy atom. The summed E-state index contributed by atoms with van der Waals surface area (Å²) in [7, 11) is 0. The maximum atomic E-state index is 11.4. The van der Waals surface area contributed by atoms with E-state index < -0.39 is 0 Å². The Hall–Kier alpha value is -2.13. The minimum absolute atomic E-state index is 0.619. The lowest BCUT2D eigenvalue weighted by atomic mass is 10.1. The van der Waals surface area contributed by atoms with Crippen LogP contribution in [-0.4, -0.2) is 16.3 Å². The molecule has 19 heavy (non-hydrogen) atoms. The van der Waals surface area contributed by atoms with E-state index >= 15 is 0 Å². The number of pyridine rings is 1. The van der Waals surface area contributed by atoms with Gasteiger partial charge < -0.3 is 4.98 Å². The Labute approximate surface area is 115 Å². The molecular weight excluding hydrogens is 260 g/mol. The normalized spacial score (nSPS) is 10.8. The maximum Gasteiger partial charge on any atom is 0.152 e. The van der Waals surface area contributed by atoms with Crippen LogP contribution in [0.25, 0.3) is 22.2 Å². The third-order valence-corrected chi connectivity index (χ3v) is 3.40. The standard InChI is InChI=1S/C15H11ClN2O/c1-9-5-11(16)6-12-13(8-19)15(18-14(9)12)10-3-2-4-17-7-10/h2-8,18H,1H3. The highest BCUT2D eigenvalue weighted by atomic mass is 35.5. The van der Waals surface area contributed by atoms with Crippen molar-refractivity contribution in [2.24, 2.45) is 0 Å². The molecule has 94 valence electrons. The monoisotopic (exact) mass is 270 g/mol. The van der Waals surface area contributed by atoms with Crippen molar-refractivity contribution in [3.63, 3.8) is 0 Å². The number of aryl methyl sites for hydroxylation is 1. The number of hydrogen-bond donors (Lipinski definition) is 1. The minimum atomic E-state index is 0.619. The van der Waals surface area contributed by atoms with Gasteiger partial charge in [-0.2, -0.15) is 0 Å². The molecule has 0 atom stereocenters. The number of nitrogens with zero attached hydrogens (tertiary/aromatic N) is 1. The van der Waals surface area contributed by atoms with Crippen molar-refractivity contribution < 1.29 is 4.79 Å². The molecule has 3 rings (SSSR count). The van der Waals surface area contributed by atoms with Gasteiger partial charge in [0, 0.05) is 39.4 Å². The fraction of sp³-hybridized carbons (Fsp3) is 0.0667. The summed E-state index contributed by atoms with van der Waals surface area (Å²) in [4.78, 5) is 18.8. The van der Waals surface area contributed by atoms with E-state index in [2.05, 4.69) is 9.97 Å². The first-order chi connectivity index (χ1) is 9.20. The zero-order chi connectivity index (χ0) is 13.4. The van der Waals surface area contributed by atoms with Crippen LogP contribution in [0.5, 0.6) is 0 Å². The molecule has 0 unspecified atom stereocenters. The average molecular weight is 271 g/mol. The molecule has 1 aromatic carbocycles. The van der Waals surface area contributed by atoms with Gasteiger partial charge in [0.2, 0.25) is 0 Å². The van der Waals surface area contributed by atoms with Crippen molar-refractivity contribution in [1.29, 1.82) is 0 Å². The summed E-state index contributed by atoms with van der Waals surface area (Å²) in [5.74, 6) is 0. The number of carbonyl (C=O) groups is 1. The summed E-state index contributed by atoms with van der Waals surface area (Å²) in [5.41, 5.74) is 4.24. The molecule has 0 aliphatic heterocycles. The van der Waals surface area contributed by atoms with Crippen LogP contribution in [0.2, 0.25) is 5.02 Å². The molecule has 0 bridgehead atoms. The molecule has 0 spiro atoms. The zero-order valence-electron chi connectivity index (χ0n) is 10.3. The smallest absolute Gasteiger partial charge is 0.152 e. The zero-order valence-corrected chi connectivity index (χ0v) is 11.0. The van der Waals surface area contributed by atoms with Gasteiger partial charge in [0.15, 0.2) is 6.29 Å². The van der Waals surface area contributed by atoms with Crippen LogP contribution in [0.4, 0.5) is 0 Å². The third-order valence-electron chi connectivity index (χ3n) is 3.18. The van der Waals surface area contributed by atoms with Gasteiger partial charge in [-0.3, -0.25) is 9.78 Å². The number of halogens is 1. The Morgan fingerprint density at radius 2 is 2.21 bits per heavy atom. The number of aromatic nitrogens is 2. The number of benzene rings is 1. The van der Waals surface area contributed by atoms with Crippen molar-refractivity contribution in [2.45, 2.75) is 6.92 Å². The fourth-order valence-electron chi connectivity index (χ4n) is 2.31. The van der Waals surface area contributed by atoms with Gasteiger partial charge in [-0.1, -0.05) is 11.6 Å². The molecule has 3 aromatic rings. The van der Waals surface area contributed by atoms with Crippen LogP contribution in [0.3, 0.4) is 0 Å². The van der Waals surface area contributed by atoms with Gasteiger partial charge >= 0.3 is 0 Å². The fourth-order valence-corrected chi connectivity index (χ4v) is 2.58. The number of carbonyl (C=O) groups excluding carboxylic acids is 1. The van der Waals surface area contributed by atoms with Crippen molar-refractivity contribution in [3.8, 4) is 11.3 Å². The topological polar surface area (TPSA) is 45.8 Å². The third kappa shape index (κ3) is 1.92. The second kappa shape index (κ2) is 4.52. The van der Waals surface area contributed by atoms with Crippen molar-refractivity contribution in [3.05, 3.63) is 52.8 Å². The molecule has 0 saturated heterocycles. The van der Waals surface area contributed by atoms with E-state index in [4.69, 9.17) is 11.6 Å². The molecule has 0 radical (unpaired) electrons. The van der Waals surface area contributed by atoms with Gasteiger partial charge in [-0.15, -0.1) is 0 Å². The largest absolute Gasteiger partial charge is 0.354 e. The molecule has 0 saturated carbocycles. The van der Waals surface area contributed by atoms with Crippen LogP contribution in [0.15, 0.2) is 36.7 Å². The lowest BCUT2D eigenvalue weighted by molar-refractivity contribution is 0.112. The predicted octanol–water partition coefficient (Wildman–Crippen LogP) is 4.00. The second-order valence-electron chi connectivity index (χ2n) is 4.42. The van der Waals surface area contributed by atoms with Crippen LogP contribution in [-0.2, 0) is 0 Å². The van der Waals surface area contributed by atoms with Crippen molar-refractivity contribution >= 4 is 28.8 Å². The lowest BCUT2D eigenvalue weighted by Crippen LogP contribution is -1.84. The highest BCUT2D eigenvalue weighted by Crippen LogP contribution is 2.32. The number of H-pyrrole nitrogens is 1. The van der Waals surface area contributed by atoms with Gasteiger partial charge in [0.25, 0.3) is 0 Å². The first-order valence-electron chi connectivity index (χ1n) is 5.88. The lowest BCUT2D eigenvalue weighted by Gasteiger charge is -1.97. The van der Waals surface area contributed by atoms with Crippen molar-refractivity contribution in [2.75, 3.05) is 0 Å². The first-order valence-corrected chi connectivity index (χ1v) is 6.26. The maximum absolute atomic E-state index is 11.4. The summed E-state index contributed by atoms with van der Waals surface area (Å²) in [6, 6.07) is 7.45. The molecule has 2 aromatic heterocycles. The highest BCUT2D eigenvalue weighted by Gasteiger charge is 2.14. The Bertz CT molecular complexity index is 763. The van der Waals surface area contributed by atoms with Crippen LogP contribution >= 0.6 is 11.6 Å². The number of fused-ring (bicyclic) bond motifs is 1. The van der Waals surface area contributed by atoms with E-state index in [1.807, 2.05) is 31.2 Å². The number of rotatable bonds is 2. The van der Waals surface area contributed by atoms with Crippen LogP contribution in [0.1, 0.15) is 15.9 Å². The number of aldehydes is 1. The molecule has 0 fully saturated rings. The molecule has 0 amide bonds. The molecule has 2 heterocycles. The number of nitrogens with one attached hydrogen (secondary N) is 1. The van der Waals surface area contributed by atoms with Gasteiger partial charge in [-0.25, -0.2) is 0 Å². The summed E-state index contributed by atoms with van der Waals surface area (Å²) in [5, 5.41) is 1.48. The molecular formula is C15H11ClN2O. The highest BCUT2D eigenvalue weighted by molar-refractivity contribution is 6.31. The van der Waals surface area contributed by atoms with Crippen LogP contribution < -0.4 is 0 Å². The Morgan fingerprint density at radius 1 is 1.37 bits per heavy atom. The van der Waals surface area contributed by atoms with Gasteiger partial charge in [-0.05, 0) is 36.8 Å². The Balaban J connectivity index is 2.38. The second-order valence-corrected chi connectivity index (χ2v) is 4.85. The summed E-state index contributed by atoms with van der Waals surface area (Å²) >= 11 is 6.07. The van der Waals surface area contributed by atoms with E-state index in [1.54, 1.807) is 12.4 Å². The van der Waals surface area contributed by atoms with E-state index in [0.717, 1.165) is 34.0 Å². The van der Waals surface area contributed by atoms with E-state index in [0.29, 0.717) is 10.6 Å². The molecule has 4 heteroatoms. The van der Waals surface area contributed by atoms with E-state index in [1.165, 1.54) is 0 Å². The SMILES string of the molecule is Cc1cc(Cl)cc2c(C=O)c(-c3cccnc3)[nH]c12. The Kier molecular flexibility index (Phi) is 2.84. The predicted molar refractivity (Wildman–Crippen MR) is 76.7 cm³/mol. The van der Waals surface area contributed by atoms with Gasteiger partial charge in [0.1, 0.15) is 0 Å². The first kappa shape index (κ1) is 11.9. The van der Waals surface area contributed by atoms with Gasteiger partial charge in [0.05, 0.1) is 5.69 Å². The van der Waals surface area contributed by atoms with E-state index in [-0.39, 0.29) is 0 Å². The number of aromatic amines is 1. The van der Waals surface area contributed by atoms with E-state index in [9.17, 15) is 4.79 Å². The molecule has 3 nitrogen and oxygen atoms in total. The van der Waals surface area contributed by atoms with Crippen LogP contribution in [0, 0.1) is 6.92 Å². The summed E-state index contributed by atoms with van der Waals surface area (Å²) in [6.07, 6.45) is 4.29. The molecule has 0 aliphatic rings. The van der Waals surface area contributed by atoms with Crippen molar-refractivity contribution in [1.82, 2.24) is 9.97 Å². The summed E-state index contributed by atoms with van der Waals surface area (Å²) < 4.78 is 0. The molecule has 0 aliphatic carbocycles. The quantitative estimate of drug-likeness (QED) is 0.715. The number of hydrogen-bond acceptors (Lipinski definition) is 2.